The molecule has 2 aromatic rings. The van der Waals surface area contributed by atoms with Crippen LogP contribution in [0.4, 0.5) is 0 Å². The van der Waals surface area contributed by atoms with Gasteiger partial charge in [0.15, 0.2) is 9.81 Å². The number of rotatable bonds is 13. The van der Waals surface area contributed by atoms with Crippen LogP contribution in [0.2, 0.25) is 0 Å². The average molecular weight is 737 g/mol. The van der Waals surface area contributed by atoms with Gasteiger partial charge in [-0.1, -0.05) is 76.9 Å². The van der Waals surface area contributed by atoms with Gasteiger partial charge in [0.25, 0.3) is 0 Å². The maximum atomic E-state index is 13.5. The van der Waals surface area contributed by atoms with Gasteiger partial charge in [0.05, 0.1) is 20.9 Å². The fourth-order valence-electron chi connectivity index (χ4n) is 6.81. The molecule has 0 fully saturated rings. The van der Waals surface area contributed by atoms with Crippen LogP contribution in [-0.2, 0) is 19.7 Å². The number of unbranched alkanes of at least 4 members (excludes halogenated alkanes) is 3. The van der Waals surface area contributed by atoms with Crippen molar-refractivity contribution in [1.82, 2.24) is 10.6 Å². The van der Waals surface area contributed by atoms with Gasteiger partial charge in [-0.3, -0.25) is 0 Å². The molecule has 4 rings (SSSR count). The second-order valence-corrected chi connectivity index (χ2v) is 18.5. The zero-order valence-electron chi connectivity index (χ0n) is 30.1. The number of hydrogen-bond donors (Lipinski definition) is 2. The fraction of sp³-hybridized carbons (Fsp3) is 0.400. The minimum Gasteiger partial charge on any atom is -0.387 e. The number of sulfone groups is 2. The molecule has 0 aliphatic heterocycles. The summed E-state index contributed by atoms with van der Waals surface area (Å²) in [5.74, 6) is 0. The van der Waals surface area contributed by atoms with E-state index in [1.165, 1.54) is 24.3 Å². The first-order valence-corrected chi connectivity index (χ1v) is 20.2. The van der Waals surface area contributed by atoms with Gasteiger partial charge in [0.1, 0.15) is 24.3 Å². The third-order valence-corrected chi connectivity index (χ3v) is 12.8. The molecular weight excluding hydrogens is 693 g/mol. The summed E-state index contributed by atoms with van der Waals surface area (Å²) in [6, 6.07) is 23.7. The van der Waals surface area contributed by atoms with Crippen molar-refractivity contribution in [3.05, 3.63) is 104 Å². The predicted molar refractivity (Wildman–Crippen MR) is 198 cm³/mol. The van der Waals surface area contributed by atoms with Gasteiger partial charge in [-0.15, -0.1) is 0 Å². The number of nitriles is 4. The van der Waals surface area contributed by atoms with Crippen LogP contribution in [0.15, 0.2) is 114 Å². The molecule has 0 saturated carbocycles. The molecule has 2 N–H and O–H groups in total. The van der Waals surface area contributed by atoms with E-state index in [9.17, 15) is 37.9 Å². The van der Waals surface area contributed by atoms with E-state index in [-0.39, 0.29) is 55.8 Å². The highest BCUT2D eigenvalue weighted by Crippen LogP contribution is 2.45. The lowest BCUT2D eigenvalue weighted by Crippen LogP contribution is -2.29. The monoisotopic (exact) mass is 736 g/mol. The molecule has 0 amide bonds. The molecule has 2 aliphatic rings. The van der Waals surface area contributed by atoms with Crippen LogP contribution in [0.5, 0.6) is 0 Å². The van der Waals surface area contributed by atoms with Gasteiger partial charge in [-0.2, -0.15) is 21.0 Å². The van der Waals surface area contributed by atoms with E-state index in [0.717, 1.165) is 25.7 Å². The van der Waals surface area contributed by atoms with E-state index in [0.29, 0.717) is 37.3 Å². The summed E-state index contributed by atoms with van der Waals surface area (Å²) in [5, 5.41) is 47.1. The molecule has 0 unspecified atom stereocenters. The Morgan fingerprint density at radius 2 is 0.923 bits per heavy atom. The minimum absolute atomic E-state index is 0.0101. The topological polar surface area (TPSA) is 187 Å². The standard InChI is InChI=1S/C40H44N6O4S2/c1-39(2)21-31(37(27-43)51(47,48)29-15-9-7-10-16-29)33(25-41)35(23-39)45-19-13-5-6-14-20-46-36-24-40(3,4)22-32(34(36)26-42)38(28-44)52(49,50)30-17-11-8-12-18-30/h7-12,15-18,45-46H,5-6,13-14,19-24H2,1-4H3/b37-31+,38-32+. The van der Waals surface area contributed by atoms with E-state index >= 15 is 0 Å². The van der Waals surface area contributed by atoms with Crippen molar-refractivity contribution in [2.75, 3.05) is 13.1 Å². The van der Waals surface area contributed by atoms with E-state index in [4.69, 9.17) is 0 Å². The van der Waals surface area contributed by atoms with Crippen LogP contribution in [0.25, 0.3) is 0 Å². The van der Waals surface area contributed by atoms with Crippen LogP contribution in [0.1, 0.15) is 79.1 Å². The molecule has 0 saturated heterocycles. The lowest BCUT2D eigenvalue weighted by Gasteiger charge is -2.34. The van der Waals surface area contributed by atoms with Crippen molar-refractivity contribution in [3.8, 4) is 24.3 Å². The highest BCUT2D eigenvalue weighted by Gasteiger charge is 2.37. The molecule has 0 heterocycles. The quantitative estimate of drug-likeness (QED) is 0.155. The molecule has 0 atom stereocenters. The van der Waals surface area contributed by atoms with Gasteiger partial charge in [-0.25, -0.2) is 16.8 Å². The van der Waals surface area contributed by atoms with Crippen LogP contribution in [0, 0.1) is 56.2 Å². The third kappa shape index (κ3) is 9.01. The average Bonchev–Trinajstić information content (AvgIpc) is 3.09. The van der Waals surface area contributed by atoms with Crippen molar-refractivity contribution in [3.63, 3.8) is 0 Å². The Balaban J connectivity index is 1.42. The minimum atomic E-state index is -4.12. The summed E-state index contributed by atoms with van der Waals surface area (Å²) in [7, 11) is -8.24. The number of nitrogens with zero attached hydrogens (tertiary/aromatic N) is 4. The Morgan fingerprint density at radius 1 is 0.577 bits per heavy atom. The maximum absolute atomic E-state index is 13.5. The van der Waals surface area contributed by atoms with E-state index in [1.54, 1.807) is 36.4 Å². The van der Waals surface area contributed by atoms with E-state index in [2.05, 4.69) is 22.8 Å². The molecule has 52 heavy (non-hydrogen) atoms. The van der Waals surface area contributed by atoms with Crippen LogP contribution >= 0.6 is 0 Å². The second-order valence-electron chi connectivity index (χ2n) is 14.7. The maximum Gasteiger partial charge on any atom is 0.216 e. The van der Waals surface area contributed by atoms with Gasteiger partial charge in [-0.05, 0) is 73.6 Å². The van der Waals surface area contributed by atoms with Gasteiger partial charge >= 0.3 is 0 Å². The zero-order valence-corrected chi connectivity index (χ0v) is 31.7. The fourth-order valence-corrected chi connectivity index (χ4v) is 9.55. The molecule has 2 aromatic carbocycles. The summed E-state index contributed by atoms with van der Waals surface area (Å²) in [5.41, 5.74) is 1.42. The van der Waals surface area contributed by atoms with Crippen molar-refractivity contribution < 1.29 is 16.8 Å². The highest BCUT2D eigenvalue weighted by atomic mass is 32.2. The molecule has 12 heteroatoms. The third-order valence-electron chi connectivity index (χ3n) is 9.23. The van der Waals surface area contributed by atoms with E-state index in [1.807, 2.05) is 39.8 Å². The molecule has 270 valence electrons. The molecule has 0 bridgehead atoms. The van der Waals surface area contributed by atoms with Crippen molar-refractivity contribution in [2.45, 2.75) is 88.9 Å². The Bertz CT molecular complexity index is 2050. The number of allylic oxidation sites excluding steroid dienone is 8. The molecular formula is C40H44N6O4S2. The predicted octanol–water partition coefficient (Wildman–Crippen LogP) is 7.42. The first kappa shape index (κ1) is 39.6. The summed E-state index contributed by atoms with van der Waals surface area (Å²) in [6.45, 7) is 9.07. The van der Waals surface area contributed by atoms with Gasteiger partial charge in [0.2, 0.25) is 19.7 Å². The SMILES string of the molecule is CC1(C)CC(NCCCCCCNC2=C(C#N)/C(=C(\C#N)S(=O)(=O)c3ccccc3)CC(C)(C)C2)=C(C#N)/C(=C(\C#N)S(=O)(=O)c2ccccc2)C1. The highest BCUT2D eigenvalue weighted by molar-refractivity contribution is 7.96. The summed E-state index contributed by atoms with van der Waals surface area (Å²) < 4.78 is 53.8. The van der Waals surface area contributed by atoms with Gasteiger partial charge in [0, 0.05) is 35.6 Å². The molecule has 0 spiro atoms. The van der Waals surface area contributed by atoms with Crippen LogP contribution in [-0.4, -0.2) is 29.9 Å². The molecule has 0 aromatic heterocycles. The molecule has 2 aliphatic carbocycles. The lowest BCUT2D eigenvalue weighted by molar-refractivity contribution is 0.337. The van der Waals surface area contributed by atoms with E-state index < -0.39 is 29.5 Å². The lowest BCUT2D eigenvalue weighted by atomic mass is 9.74. The smallest absolute Gasteiger partial charge is 0.216 e. The van der Waals surface area contributed by atoms with Gasteiger partial charge < -0.3 is 10.6 Å². The number of nitrogens with one attached hydrogen (secondary N) is 2. The number of hydrogen-bond acceptors (Lipinski definition) is 10. The number of benzene rings is 2. The Morgan fingerprint density at radius 3 is 1.23 bits per heavy atom. The zero-order chi connectivity index (χ0) is 38.2. The summed E-state index contributed by atoms with van der Waals surface area (Å²) in [4.78, 5) is -0.767. The first-order valence-electron chi connectivity index (χ1n) is 17.2. The summed E-state index contributed by atoms with van der Waals surface area (Å²) in [6.07, 6.45) is 4.92. The Hall–Kier alpha value is -5.14. The Kier molecular flexibility index (Phi) is 12.6. The van der Waals surface area contributed by atoms with Crippen LogP contribution < -0.4 is 10.6 Å². The largest absolute Gasteiger partial charge is 0.387 e. The van der Waals surface area contributed by atoms with Crippen molar-refractivity contribution >= 4 is 19.7 Å². The van der Waals surface area contributed by atoms with Crippen molar-refractivity contribution in [1.29, 1.82) is 21.0 Å². The molecule has 0 radical (unpaired) electrons. The normalized spacial score (nSPS) is 19.0. The van der Waals surface area contributed by atoms with Crippen molar-refractivity contribution in [2.24, 2.45) is 10.8 Å². The Labute approximate surface area is 308 Å². The second kappa shape index (κ2) is 16.5. The summed E-state index contributed by atoms with van der Waals surface area (Å²) >= 11 is 0. The molecule has 10 nitrogen and oxygen atoms in total. The first-order chi connectivity index (χ1) is 24.6. The van der Waals surface area contributed by atoms with Crippen LogP contribution in [0.3, 0.4) is 0 Å².